The number of hydrogen-bond acceptors (Lipinski definition) is 1. The summed E-state index contributed by atoms with van der Waals surface area (Å²) in [5.74, 6) is 0.796. The Hall–Kier alpha value is -0.330. The summed E-state index contributed by atoms with van der Waals surface area (Å²) in [4.78, 5) is 12.3. The van der Waals surface area contributed by atoms with Crippen LogP contribution < -0.4 is 0 Å². The van der Waals surface area contributed by atoms with Crippen molar-refractivity contribution in [1.29, 1.82) is 0 Å². The molecule has 84 valence electrons. The van der Waals surface area contributed by atoms with Crippen LogP contribution in [0.1, 0.15) is 66.7 Å². The predicted octanol–water partition coefficient (Wildman–Crippen LogP) is 4.21. The van der Waals surface area contributed by atoms with E-state index in [1.165, 1.54) is 0 Å². The molecule has 0 aromatic heterocycles. The molecule has 1 heteroatoms. The second-order valence-electron chi connectivity index (χ2n) is 4.22. The molecule has 0 aromatic rings. The van der Waals surface area contributed by atoms with Gasteiger partial charge in [-0.3, -0.25) is 4.79 Å². The Morgan fingerprint density at radius 3 is 1.50 bits per heavy atom. The quantitative estimate of drug-likeness (QED) is 0.599. The van der Waals surface area contributed by atoms with Gasteiger partial charge in [0.2, 0.25) is 0 Å². The lowest BCUT2D eigenvalue weighted by molar-refractivity contribution is -0.134. The minimum Gasteiger partial charge on any atom is -0.299 e. The minimum atomic E-state index is -0.0311. The lowest BCUT2D eigenvalue weighted by atomic mass is 9.71. The van der Waals surface area contributed by atoms with Crippen LogP contribution in [-0.2, 0) is 4.79 Å². The van der Waals surface area contributed by atoms with Crippen LogP contribution in [0, 0.1) is 11.3 Å². The summed E-state index contributed by atoms with van der Waals surface area (Å²) >= 11 is 0. The standard InChI is InChI=1S/C13H26O/c1-6-11(7-2)12(14)13(8-3,9-4)10-5/h11H,6-10H2,1-5H3. The zero-order valence-electron chi connectivity index (χ0n) is 10.5. The zero-order chi connectivity index (χ0) is 11.2. The van der Waals surface area contributed by atoms with E-state index in [9.17, 15) is 4.79 Å². The molecule has 0 amide bonds. The van der Waals surface area contributed by atoms with Gasteiger partial charge in [0, 0.05) is 11.3 Å². The average Bonchev–Trinajstić information content (AvgIpc) is 2.23. The van der Waals surface area contributed by atoms with Gasteiger partial charge in [0.05, 0.1) is 0 Å². The van der Waals surface area contributed by atoms with Crippen LogP contribution in [0.25, 0.3) is 0 Å². The lowest BCUT2D eigenvalue weighted by Crippen LogP contribution is -2.34. The Bertz CT molecular complexity index is 156. The van der Waals surface area contributed by atoms with E-state index in [4.69, 9.17) is 0 Å². The Kier molecular flexibility index (Phi) is 6.06. The molecule has 0 bridgehead atoms. The molecule has 0 heterocycles. The average molecular weight is 198 g/mol. The third kappa shape index (κ3) is 2.59. The van der Waals surface area contributed by atoms with E-state index < -0.39 is 0 Å². The first-order valence-electron chi connectivity index (χ1n) is 6.16. The molecule has 0 fully saturated rings. The van der Waals surface area contributed by atoms with Gasteiger partial charge in [-0.25, -0.2) is 0 Å². The first kappa shape index (κ1) is 13.7. The highest BCUT2D eigenvalue weighted by Gasteiger charge is 2.35. The van der Waals surface area contributed by atoms with E-state index in [-0.39, 0.29) is 11.3 Å². The molecule has 0 aliphatic heterocycles. The molecule has 0 atom stereocenters. The summed E-state index contributed by atoms with van der Waals surface area (Å²) in [7, 11) is 0. The molecule has 14 heavy (non-hydrogen) atoms. The summed E-state index contributed by atoms with van der Waals surface area (Å²) in [6.07, 6.45) is 4.98. The largest absolute Gasteiger partial charge is 0.299 e. The monoisotopic (exact) mass is 198 g/mol. The number of Topliss-reactive ketones (excluding diaryl/α,β-unsaturated/α-hetero) is 1. The maximum absolute atomic E-state index is 12.3. The van der Waals surface area contributed by atoms with Crippen LogP contribution >= 0.6 is 0 Å². The van der Waals surface area contributed by atoms with Crippen molar-refractivity contribution < 1.29 is 4.79 Å². The van der Waals surface area contributed by atoms with Crippen molar-refractivity contribution in [2.75, 3.05) is 0 Å². The van der Waals surface area contributed by atoms with Gasteiger partial charge in [-0.1, -0.05) is 34.6 Å². The van der Waals surface area contributed by atoms with Gasteiger partial charge in [-0.05, 0) is 32.1 Å². The van der Waals surface area contributed by atoms with Gasteiger partial charge in [0.15, 0.2) is 0 Å². The first-order valence-corrected chi connectivity index (χ1v) is 6.16. The van der Waals surface area contributed by atoms with Crippen LogP contribution in [0.2, 0.25) is 0 Å². The van der Waals surface area contributed by atoms with Crippen molar-refractivity contribution in [1.82, 2.24) is 0 Å². The van der Waals surface area contributed by atoms with Crippen molar-refractivity contribution in [2.45, 2.75) is 66.7 Å². The number of rotatable bonds is 7. The molecule has 0 aliphatic carbocycles. The van der Waals surface area contributed by atoms with Crippen LogP contribution in [-0.4, -0.2) is 5.78 Å². The van der Waals surface area contributed by atoms with Crippen LogP contribution in [0.15, 0.2) is 0 Å². The fourth-order valence-electron chi connectivity index (χ4n) is 2.37. The molecular formula is C13H26O. The first-order chi connectivity index (χ1) is 6.61. The number of ketones is 1. The van der Waals surface area contributed by atoms with Gasteiger partial charge >= 0.3 is 0 Å². The molecule has 0 unspecified atom stereocenters. The van der Waals surface area contributed by atoms with Gasteiger partial charge in [-0.2, -0.15) is 0 Å². The second-order valence-corrected chi connectivity index (χ2v) is 4.22. The van der Waals surface area contributed by atoms with Crippen LogP contribution in [0.4, 0.5) is 0 Å². The molecule has 0 aliphatic rings. The van der Waals surface area contributed by atoms with Crippen molar-refractivity contribution in [3.05, 3.63) is 0 Å². The second kappa shape index (κ2) is 6.21. The van der Waals surface area contributed by atoms with Crippen molar-refractivity contribution >= 4 is 5.78 Å². The van der Waals surface area contributed by atoms with E-state index in [1.807, 2.05) is 0 Å². The highest BCUT2D eigenvalue weighted by molar-refractivity contribution is 5.86. The number of carbonyl (C=O) groups excluding carboxylic acids is 1. The highest BCUT2D eigenvalue weighted by Crippen LogP contribution is 2.35. The highest BCUT2D eigenvalue weighted by atomic mass is 16.1. The molecule has 0 spiro atoms. The summed E-state index contributed by atoms with van der Waals surface area (Å²) < 4.78 is 0. The zero-order valence-corrected chi connectivity index (χ0v) is 10.5. The Morgan fingerprint density at radius 2 is 1.29 bits per heavy atom. The van der Waals surface area contributed by atoms with Gasteiger partial charge in [0.25, 0.3) is 0 Å². The topological polar surface area (TPSA) is 17.1 Å². The third-order valence-corrected chi connectivity index (χ3v) is 3.91. The maximum Gasteiger partial charge on any atom is 0.142 e. The van der Waals surface area contributed by atoms with E-state index in [2.05, 4.69) is 34.6 Å². The Labute approximate surface area is 89.3 Å². The van der Waals surface area contributed by atoms with Crippen molar-refractivity contribution in [3.63, 3.8) is 0 Å². The number of carbonyl (C=O) groups is 1. The fraction of sp³-hybridized carbons (Fsp3) is 0.923. The molecule has 0 rings (SSSR count). The SMILES string of the molecule is CCC(CC)C(=O)C(CC)(CC)CC. The summed E-state index contributed by atoms with van der Waals surface area (Å²) in [6.45, 7) is 10.7. The lowest BCUT2D eigenvalue weighted by Gasteiger charge is -2.32. The molecular weight excluding hydrogens is 172 g/mol. The van der Waals surface area contributed by atoms with E-state index >= 15 is 0 Å². The number of hydrogen-bond donors (Lipinski definition) is 0. The van der Waals surface area contributed by atoms with Crippen molar-refractivity contribution in [2.24, 2.45) is 11.3 Å². The molecule has 0 N–H and O–H groups in total. The van der Waals surface area contributed by atoms with Gasteiger partial charge in [0.1, 0.15) is 5.78 Å². The molecule has 0 aromatic carbocycles. The summed E-state index contributed by atoms with van der Waals surface area (Å²) in [6, 6.07) is 0. The summed E-state index contributed by atoms with van der Waals surface area (Å²) in [5, 5.41) is 0. The maximum atomic E-state index is 12.3. The third-order valence-electron chi connectivity index (χ3n) is 3.91. The Balaban J connectivity index is 4.73. The van der Waals surface area contributed by atoms with E-state index in [0.717, 1.165) is 32.1 Å². The normalized spacial score (nSPS) is 12.1. The Morgan fingerprint density at radius 1 is 0.929 bits per heavy atom. The van der Waals surface area contributed by atoms with Crippen molar-refractivity contribution in [3.8, 4) is 0 Å². The minimum absolute atomic E-state index is 0.0311. The predicted molar refractivity (Wildman–Crippen MR) is 62.4 cm³/mol. The fourth-order valence-corrected chi connectivity index (χ4v) is 2.37. The van der Waals surface area contributed by atoms with E-state index in [0.29, 0.717) is 5.78 Å². The smallest absolute Gasteiger partial charge is 0.142 e. The van der Waals surface area contributed by atoms with Crippen LogP contribution in [0.3, 0.4) is 0 Å². The van der Waals surface area contributed by atoms with Gasteiger partial charge < -0.3 is 0 Å². The molecule has 0 saturated carbocycles. The van der Waals surface area contributed by atoms with E-state index in [1.54, 1.807) is 0 Å². The molecule has 0 saturated heterocycles. The molecule has 0 radical (unpaired) electrons. The van der Waals surface area contributed by atoms with Crippen LogP contribution in [0.5, 0.6) is 0 Å². The van der Waals surface area contributed by atoms with Gasteiger partial charge in [-0.15, -0.1) is 0 Å². The molecule has 1 nitrogen and oxygen atoms in total. The summed E-state index contributed by atoms with van der Waals surface area (Å²) in [5.41, 5.74) is -0.0311.